The van der Waals surface area contributed by atoms with E-state index in [2.05, 4.69) is 0 Å². The van der Waals surface area contributed by atoms with Crippen LogP contribution < -0.4 is 0 Å². The van der Waals surface area contributed by atoms with Crippen molar-refractivity contribution < 1.29 is 39.6 Å². The Morgan fingerprint density at radius 2 is 1.08 bits per heavy atom. The van der Waals surface area contributed by atoms with Crippen LogP contribution in [0.1, 0.15) is 47.3 Å². The number of hydrogen-bond acceptors (Lipinski definition) is 4. The van der Waals surface area contributed by atoms with E-state index in [1.54, 1.807) is 19.1 Å². The fraction of sp³-hybridized carbons (Fsp3) is 0.0667. The van der Waals surface area contributed by atoms with Gasteiger partial charge in [-0.15, -0.1) is 0 Å². The monoisotopic (exact) mass is 333 g/mol. The number of aromatic nitrogens is 1. The molecule has 0 amide bonds. The molecule has 2 rings (SSSR count). The van der Waals surface area contributed by atoms with Gasteiger partial charge in [-0.05, 0) is 19.1 Å². The molecular weight excluding hydrogens is 322 g/mol. The van der Waals surface area contributed by atoms with Crippen LogP contribution in [0, 0.1) is 6.92 Å². The number of aromatic carboxylic acids is 4. The zero-order valence-electron chi connectivity index (χ0n) is 12.2. The normalized spacial score (nSPS) is 10.4. The minimum Gasteiger partial charge on any atom is -0.478 e. The molecule has 0 radical (unpaired) electrons. The van der Waals surface area contributed by atoms with E-state index in [1.807, 2.05) is 0 Å². The van der Waals surface area contributed by atoms with E-state index < -0.39 is 46.4 Å². The molecule has 9 nitrogen and oxygen atoms in total. The second-order valence-corrected chi connectivity index (χ2v) is 4.84. The molecule has 1 aromatic carbocycles. The summed E-state index contributed by atoms with van der Waals surface area (Å²) in [5.41, 5.74) is -3.26. The van der Waals surface area contributed by atoms with E-state index in [4.69, 9.17) is 0 Å². The summed E-state index contributed by atoms with van der Waals surface area (Å²) in [6.45, 7) is 1.74. The second kappa shape index (κ2) is 5.88. The molecule has 0 fully saturated rings. The lowest BCUT2D eigenvalue weighted by Crippen LogP contribution is -2.15. The lowest BCUT2D eigenvalue weighted by molar-refractivity contribution is 0.0628. The number of carboxylic acid groups (broad SMARTS) is 4. The smallest absolute Gasteiger partial charge is 0.353 e. The number of benzene rings is 1. The largest absolute Gasteiger partial charge is 0.478 e. The maximum Gasteiger partial charge on any atom is 0.353 e. The van der Waals surface area contributed by atoms with E-state index in [-0.39, 0.29) is 5.69 Å². The highest BCUT2D eigenvalue weighted by Gasteiger charge is 2.37. The number of nitrogens with zero attached hydrogens (tertiary/aromatic N) is 1. The fourth-order valence-electron chi connectivity index (χ4n) is 2.35. The summed E-state index contributed by atoms with van der Waals surface area (Å²) in [5.74, 6) is -7.22. The molecule has 0 saturated heterocycles. The van der Waals surface area contributed by atoms with Gasteiger partial charge in [0.2, 0.25) is 0 Å². The third-order valence-electron chi connectivity index (χ3n) is 3.30. The Kier molecular flexibility index (Phi) is 4.10. The highest BCUT2D eigenvalue weighted by molar-refractivity contribution is 6.14. The first-order valence-electron chi connectivity index (χ1n) is 6.45. The minimum absolute atomic E-state index is 0.0189. The maximum absolute atomic E-state index is 11.5. The quantitative estimate of drug-likeness (QED) is 0.643. The van der Waals surface area contributed by atoms with Crippen molar-refractivity contribution in [3.05, 3.63) is 52.3 Å². The number of carboxylic acids is 4. The summed E-state index contributed by atoms with van der Waals surface area (Å²) in [4.78, 5) is 45.8. The molecule has 9 heteroatoms. The molecule has 0 aliphatic carbocycles. The number of rotatable bonds is 5. The van der Waals surface area contributed by atoms with E-state index in [0.29, 0.717) is 4.57 Å². The van der Waals surface area contributed by atoms with Gasteiger partial charge < -0.3 is 20.4 Å². The number of aryl methyl sites for hydroxylation is 1. The molecule has 0 aliphatic rings. The predicted molar refractivity (Wildman–Crippen MR) is 78.3 cm³/mol. The van der Waals surface area contributed by atoms with Crippen LogP contribution >= 0.6 is 0 Å². The van der Waals surface area contributed by atoms with E-state index in [1.165, 1.54) is 12.1 Å². The van der Waals surface area contributed by atoms with E-state index in [9.17, 15) is 39.6 Å². The standard InChI is InChI=1S/C15H11NO8/c1-6-2-4-7(5-3-6)16-10(14(21)22)8(12(17)18)9(13(19)20)11(16)15(23)24/h2-5H,1H3,(H,17,18)(H,19,20)(H,21,22)(H,23,24). The van der Waals surface area contributed by atoms with E-state index in [0.717, 1.165) is 5.56 Å². The van der Waals surface area contributed by atoms with Crippen molar-refractivity contribution >= 4 is 23.9 Å². The molecule has 24 heavy (non-hydrogen) atoms. The Hall–Kier alpha value is -3.62. The Balaban J connectivity index is 3.06. The maximum atomic E-state index is 11.5. The van der Waals surface area contributed by atoms with Gasteiger partial charge in [-0.3, -0.25) is 4.57 Å². The van der Waals surface area contributed by atoms with Gasteiger partial charge in [-0.2, -0.15) is 0 Å². The highest BCUT2D eigenvalue weighted by atomic mass is 16.4. The predicted octanol–water partition coefficient (Wildman–Crippen LogP) is 1.58. The summed E-state index contributed by atoms with van der Waals surface area (Å²) in [6.07, 6.45) is 0. The fourth-order valence-corrected chi connectivity index (χ4v) is 2.35. The summed E-state index contributed by atoms with van der Waals surface area (Å²) < 4.78 is 0.608. The van der Waals surface area contributed by atoms with Crippen molar-refractivity contribution in [2.24, 2.45) is 0 Å². The second-order valence-electron chi connectivity index (χ2n) is 4.84. The molecular formula is C15H11NO8. The van der Waals surface area contributed by atoms with Gasteiger partial charge in [0.05, 0.1) is 0 Å². The van der Waals surface area contributed by atoms with Gasteiger partial charge in [0.25, 0.3) is 0 Å². The van der Waals surface area contributed by atoms with Crippen LogP contribution in [0.4, 0.5) is 0 Å². The summed E-state index contributed by atoms with van der Waals surface area (Å²) in [6, 6.07) is 5.83. The van der Waals surface area contributed by atoms with Crippen LogP contribution in [0.15, 0.2) is 24.3 Å². The summed E-state index contributed by atoms with van der Waals surface area (Å²) in [5, 5.41) is 37.1. The van der Waals surface area contributed by atoms with Crippen LogP contribution in [-0.2, 0) is 0 Å². The molecule has 1 aromatic heterocycles. The Labute approximate surface area is 134 Å². The molecule has 1 heterocycles. The van der Waals surface area contributed by atoms with Crippen molar-refractivity contribution in [2.45, 2.75) is 6.92 Å². The lowest BCUT2D eigenvalue weighted by Gasteiger charge is -2.10. The van der Waals surface area contributed by atoms with Gasteiger partial charge >= 0.3 is 23.9 Å². The summed E-state index contributed by atoms with van der Waals surface area (Å²) >= 11 is 0. The van der Waals surface area contributed by atoms with Crippen LogP contribution in [-0.4, -0.2) is 48.9 Å². The third kappa shape index (κ3) is 2.58. The molecule has 0 saturated carbocycles. The number of carbonyl (C=O) groups is 4. The lowest BCUT2D eigenvalue weighted by atomic mass is 10.1. The summed E-state index contributed by atoms with van der Waals surface area (Å²) in [7, 11) is 0. The minimum atomic E-state index is -1.85. The Morgan fingerprint density at radius 3 is 1.38 bits per heavy atom. The molecule has 0 atom stereocenters. The average Bonchev–Trinajstić information content (AvgIpc) is 2.84. The van der Waals surface area contributed by atoms with Crippen molar-refractivity contribution in [2.75, 3.05) is 0 Å². The Morgan fingerprint density at radius 1 is 0.708 bits per heavy atom. The van der Waals surface area contributed by atoms with Crippen molar-refractivity contribution in [1.29, 1.82) is 0 Å². The van der Waals surface area contributed by atoms with Crippen molar-refractivity contribution in [1.82, 2.24) is 4.57 Å². The van der Waals surface area contributed by atoms with Gasteiger partial charge in [0.15, 0.2) is 0 Å². The molecule has 0 bridgehead atoms. The van der Waals surface area contributed by atoms with Crippen LogP contribution in [0.5, 0.6) is 0 Å². The highest BCUT2D eigenvalue weighted by Crippen LogP contribution is 2.28. The molecule has 0 unspecified atom stereocenters. The van der Waals surface area contributed by atoms with Gasteiger partial charge in [-0.1, -0.05) is 17.7 Å². The third-order valence-corrected chi connectivity index (χ3v) is 3.30. The van der Waals surface area contributed by atoms with Crippen LogP contribution in [0.2, 0.25) is 0 Å². The molecule has 2 aromatic rings. The van der Waals surface area contributed by atoms with Gasteiger partial charge in [0.1, 0.15) is 22.5 Å². The first kappa shape index (κ1) is 16.7. The van der Waals surface area contributed by atoms with Gasteiger partial charge in [0, 0.05) is 5.69 Å². The molecule has 4 N–H and O–H groups in total. The first-order chi connectivity index (χ1) is 11.2. The average molecular weight is 333 g/mol. The molecule has 124 valence electrons. The van der Waals surface area contributed by atoms with Crippen molar-refractivity contribution in [3.63, 3.8) is 0 Å². The van der Waals surface area contributed by atoms with Crippen LogP contribution in [0.3, 0.4) is 0 Å². The number of hydrogen-bond donors (Lipinski definition) is 4. The molecule has 0 spiro atoms. The first-order valence-corrected chi connectivity index (χ1v) is 6.45. The van der Waals surface area contributed by atoms with Crippen molar-refractivity contribution in [3.8, 4) is 5.69 Å². The zero-order valence-corrected chi connectivity index (χ0v) is 12.2. The zero-order chi connectivity index (χ0) is 18.2. The SMILES string of the molecule is Cc1ccc(-n2c(C(=O)O)c(C(=O)O)c(C(=O)O)c2C(=O)O)cc1. The topological polar surface area (TPSA) is 154 Å². The van der Waals surface area contributed by atoms with E-state index >= 15 is 0 Å². The van der Waals surface area contributed by atoms with Crippen LogP contribution in [0.25, 0.3) is 5.69 Å². The van der Waals surface area contributed by atoms with Gasteiger partial charge in [-0.25, -0.2) is 19.2 Å². The molecule has 0 aliphatic heterocycles. The Bertz CT molecular complexity index is 826.